The number of aromatic nitrogens is 4. The van der Waals surface area contributed by atoms with Crippen LogP contribution >= 0.6 is 0 Å². The van der Waals surface area contributed by atoms with E-state index in [1.165, 1.54) is 77.0 Å². The minimum atomic E-state index is 0. The van der Waals surface area contributed by atoms with Gasteiger partial charge in [0.1, 0.15) is 0 Å². The summed E-state index contributed by atoms with van der Waals surface area (Å²) < 4.78 is 14.2. The Labute approximate surface area is 230 Å². The minimum absolute atomic E-state index is 0. The Morgan fingerprint density at radius 2 is 0.889 bits per heavy atom. The molecule has 0 saturated heterocycles. The molecule has 0 saturated carbocycles. The van der Waals surface area contributed by atoms with Crippen LogP contribution in [0.1, 0.15) is 142 Å². The lowest BCUT2D eigenvalue weighted by atomic mass is 9.98. The fourth-order valence-electron chi connectivity index (χ4n) is 4.79. The number of halogens is 2. The van der Waals surface area contributed by atoms with E-state index in [2.05, 4.69) is 24.4 Å². The second-order valence-corrected chi connectivity index (χ2v) is 9.87. The van der Waals surface area contributed by atoms with Crippen LogP contribution < -0.4 is 45.6 Å². The van der Waals surface area contributed by atoms with Crippen molar-refractivity contribution in [2.45, 2.75) is 142 Å². The summed E-state index contributed by atoms with van der Waals surface area (Å²) in [7, 11) is 0. The standard InChI is InChI=1S/C26H50N6O2.2ClH/c1-3-5-7-9-11-13-17-23(31-21-25(27)33-29-31)19-15-16-20-24(32-22-26(28)34-30-32)18-14-12-10-8-6-4-2;;/h21-24H,3-20,27-28H2,1-2H3;2*1H/q+2;;/p-2. The van der Waals surface area contributed by atoms with Gasteiger partial charge in [0.15, 0.2) is 12.1 Å². The van der Waals surface area contributed by atoms with Crippen LogP contribution in [0.15, 0.2) is 21.4 Å². The van der Waals surface area contributed by atoms with Crippen molar-refractivity contribution in [1.29, 1.82) is 0 Å². The van der Waals surface area contributed by atoms with Crippen molar-refractivity contribution in [3.05, 3.63) is 12.4 Å². The molecule has 0 amide bonds. The minimum Gasteiger partial charge on any atom is -1.00 e. The van der Waals surface area contributed by atoms with Crippen LogP contribution in [0.4, 0.5) is 11.8 Å². The molecule has 0 radical (unpaired) electrons. The molecule has 2 unspecified atom stereocenters. The molecule has 4 N–H and O–H groups in total. The van der Waals surface area contributed by atoms with Gasteiger partial charge in [0.2, 0.25) is 10.5 Å². The molecule has 0 bridgehead atoms. The third kappa shape index (κ3) is 14.3. The summed E-state index contributed by atoms with van der Waals surface area (Å²) in [5.41, 5.74) is 11.6. The molecular formula is C26H50Cl2N6O2. The second kappa shape index (κ2) is 21.5. The lowest BCUT2D eigenvalue weighted by Gasteiger charge is -2.11. The molecule has 210 valence electrons. The number of hydrogen-bond acceptors (Lipinski definition) is 6. The van der Waals surface area contributed by atoms with Crippen LogP contribution in [0.3, 0.4) is 0 Å². The summed E-state index contributed by atoms with van der Waals surface area (Å²) in [6.45, 7) is 4.52. The average Bonchev–Trinajstić information content (AvgIpc) is 3.46. The van der Waals surface area contributed by atoms with E-state index in [0.717, 1.165) is 38.5 Å². The van der Waals surface area contributed by atoms with Crippen LogP contribution in [-0.2, 0) is 0 Å². The molecule has 2 heterocycles. The number of nitrogen functional groups attached to an aromatic ring is 2. The summed E-state index contributed by atoms with van der Waals surface area (Å²) in [6, 6.07) is 0.694. The first-order valence-electron chi connectivity index (χ1n) is 13.9. The van der Waals surface area contributed by atoms with Crippen LogP contribution in [0.5, 0.6) is 0 Å². The zero-order valence-electron chi connectivity index (χ0n) is 22.6. The smallest absolute Gasteiger partial charge is 0.293 e. The lowest BCUT2D eigenvalue weighted by molar-refractivity contribution is -0.787. The molecule has 0 aliphatic heterocycles. The summed E-state index contributed by atoms with van der Waals surface area (Å²) in [6.07, 6.45) is 26.0. The fourth-order valence-corrected chi connectivity index (χ4v) is 4.79. The highest BCUT2D eigenvalue weighted by Gasteiger charge is 2.25. The molecular weight excluding hydrogens is 499 g/mol. The van der Waals surface area contributed by atoms with Gasteiger partial charge in [-0.1, -0.05) is 78.1 Å². The third-order valence-corrected chi connectivity index (χ3v) is 6.85. The SMILES string of the molecule is CCCCCCCCC(CCCCC(CCCCCCCC)[n+]1cc(N)on1)[n+]1cc(N)on1.[Cl-].[Cl-]. The summed E-state index contributed by atoms with van der Waals surface area (Å²) in [4.78, 5) is 0. The molecule has 0 aromatic carbocycles. The predicted molar refractivity (Wildman–Crippen MR) is 135 cm³/mol. The zero-order valence-corrected chi connectivity index (χ0v) is 24.1. The average molecular weight is 550 g/mol. The second-order valence-electron chi connectivity index (χ2n) is 9.87. The van der Waals surface area contributed by atoms with E-state index in [4.69, 9.17) is 20.5 Å². The molecule has 0 fully saturated rings. The fraction of sp³-hybridized carbons (Fsp3) is 0.846. The van der Waals surface area contributed by atoms with E-state index in [9.17, 15) is 0 Å². The monoisotopic (exact) mass is 548 g/mol. The van der Waals surface area contributed by atoms with Gasteiger partial charge in [-0.15, -0.1) is 0 Å². The van der Waals surface area contributed by atoms with Gasteiger partial charge >= 0.3 is 0 Å². The zero-order chi connectivity index (χ0) is 24.4. The summed E-state index contributed by atoms with van der Waals surface area (Å²) in [5.74, 6) is 0.763. The number of rotatable bonds is 21. The maximum atomic E-state index is 5.79. The normalized spacial score (nSPS) is 12.6. The molecule has 2 rings (SSSR count). The highest BCUT2D eigenvalue weighted by Crippen LogP contribution is 2.22. The molecule has 8 nitrogen and oxygen atoms in total. The summed E-state index contributed by atoms with van der Waals surface area (Å²) in [5, 5.41) is 8.31. The van der Waals surface area contributed by atoms with Crippen molar-refractivity contribution in [3.63, 3.8) is 0 Å². The Balaban J connectivity index is 0.00000612. The third-order valence-electron chi connectivity index (χ3n) is 6.85. The highest BCUT2D eigenvalue weighted by molar-refractivity contribution is 5.11. The highest BCUT2D eigenvalue weighted by atomic mass is 35.5. The van der Waals surface area contributed by atoms with Gasteiger partial charge in [0.05, 0.1) is 0 Å². The van der Waals surface area contributed by atoms with E-state index in [1.807, 2.05) is 21.8 Å². The Kier molecular flexibility index (Phi) is 20.6. The Morgan fingerprint density at radius 1 is 0.583 bits per heavy atom. The van der Waals surface area contributed by atoms with Gasteiger partial charge < -0.3 is 36.3 Å². The van der Waals surface area contributed by atoms with Crippen molar-refractivity contribution in [3.8, 4) is 0 Å². The van der Waals surface area contributed by atoms with Crippen LogP contribution in [0.25, 0.3) is 0 Å². The van der Waals surface area contributed by atoms with Crippen molar-refractivity contribution in [2.24, 2.45) is 0 Å². The Hall–Kier alpha value is -1.54. The van der Waals surface area contributed by atoms with Crippen molar-refractivity contribution in [1.82, 2.24) is 10.5 Å². The van der Waals surface area contributed by atoms with Crippen LogP contribution in [0, 0.1) is 0 Å². The van der Waals surface area contributed by atoms with Gasteiger partial charge in [0.25, 0.3) is 24.2 Å². The first-order chi connectivity index (χ1) is 16.6. The number of anilines is 2. The van der Waals surface area contributed by atoms with Crippen molar-refractivity contribution in [2.75, 3.05) is 11.5 Å². The molecule has 0 spiro atoms. The first kappa shape index (κ1) is 34.5. The topological polar surface area (TPSA) is 112 Å². The van der Waals surface area contributed by atoms with Gasteiger partial charge in [-0.2, -0.15) is 0 Å². The van der Waals surface area contributed by atoms with Crippen molar-refractivity contribution >= 4 is 11.8 Å². The predicted octanol–water partition coefficient (Wildman–Crippen LogP) is 0.254. The first-order valence-corrected chi connectivity index (χ1v) is 13.9. The lowest BCUT2D eigenvalue weighted by Crippen LogP contribution is -3.00. The quantitative estimate of drug-likeness (QED) is 0.171. The van der Waals surface area contributed by atoms with Gasteiger partial charge in [0, 0.05) is 25.7 Å². The molecule has 10 heteroatoms. The van der Waals surface area contributed by atoms with E-state index in [1.54, 1.807) is 0 Å². The Morgan fingerprint density at radius 3 is 1.19 bits per heavy atom. The summed E-state index contributed by atoms with van der Waals surface area (Å²) >= 11 is 0. The number of nitrogens with two attached hydrogens (primary N) is 2. The van der Waals surface area contributed by atoms with Gasteiger partial charge in [-0.05, 0) is 35.0 Å². The van der Waals surface area contributed by atoms with Gasteiger partial charge in [-0.3, -0.25) is 9.05 Å². The number of nitrogens with zero attached hydrogens (tertiary/aromatic N) is 4. The number of hydrogen-bond donors (Lipinski definition) is 2. The van der Waals surface area contributed by atoms with Crippen LogP contribution in [0.2, 0.25) is 0 Å². The Bertz CT molecular complexity index is 696. The molecule has 36 heavy (non-hydrogen) atoms. The maximum Gasteiger partial charge on any atom is 0.293 e. The van der Waals surface area contributed by atoms with E-state index in [0.29, 0.717) is 23.9 Å². The molecule has 0 aliphatic carbocycles. The van der Waals surface area contributed by atoms with Gasteiger partial charge in [-0.25, -0.2) is 0 Å². The van der Waals surface area contributed by atoms with Crippen LogP contribution in [-0.4, -0.2) is 10.5 Å². The maximum absolute atomic E-state index is 5.79. The number of unbranched alkanes of at least 4 members (excludes halogenated alkanes) is 11. The van der Waals surface area contributed by atoms with Crippen molar-refractivity contribution < 1.29 is 43.2 Å². The molecule has 2 aromatic heterocycles. The van der Waals surface area contributed by atoms with E-state index < -0.39 is 0 Å². The molecule has 0 aliphatic rings. The molecule has 2 atom stereocenters. The van der Waals surface area contributed by atoms with E-state index >= 15 is 0 Å². The largest absolute Gasteiger partial charge is 1.00 e. The van der Waals surface area contributed by atoms with E-state index in [-0.39, 0.29) is 24.8 Å². The molecule has 2 aromatic rings.